The van der Waals surface area contributed by atoms with E-state index in [1.165, 1.54) is 14.2 Å². The molecule has 20 heavy (non-hydrogen) atoms. The number of methoxy groups -OCH3 is 2. The van der Waals surface area contributed by atoms with Gasteiger partial charge in [0.15, 0.2) is 0 Å². The zero-order valence-electron chi connectivity index (χ0n) is 11.5. The topological polar surface area (TPSA) is 73.9 Å². The number of carbonyl (C=O) groups excluding carboxylic acids is 2. The highest BCUT2D eigenvalue weighted by Crippen LogP contribution is 2.35. The summed E-state index contributed by atoms with van der Waals surface area (Å²) in [4.78, 5) is 23.1. The number of ether oxygens (including phenoxy) is 3. The number of rotatable bonds is 6. The lowest BCUT2D eigenvalue weighted by molar-refractivity contribution is -0.141. The molecule has 0 aromatic heterocycles. The van der Waals surface area contributed by atoms with Crippen molar-refractivity contribution in [2.45, 2.75) is 6.92 Å². The van der Waals surface area contributed by atoms with Crippen LogP contribution < -0.4 is 14.8 Å². The van der Waals surface area contributed by atoms with Crippen molar-refractivity contribution in [2.75, 3.05) is 27.4 Å². The van der Waals surface area contributed by atoms with Gasteiger partial charge in [-0.05, 0) is 35.0 Å². The van der Waals surface area contributed by atoms with Gasteiger partial charge in [-0.1, -0.05) is 0 Å². The van der Waals surface area contributed by atoms with Crippen molar-refractivity contribution in [2.24, 2.45) is 0 Å². The van der Waals surface area contributed by atoms with Crippen LogP contribution in [0.15, 0.2) is 16.6 Å². The van der Waals surface area contributed by atoms with Crippen LogP contribution in [0.3, 0.4) is 0 Å². The van der Waals surface area contributed by atoms with Gasteiger partial charge in [0, 0.05) is 5.56 Å². The van der Waals surface area contributed by atoms with Gasteiger partial charge in [-0.2, -0.15) is 0 Å². The second-order valence-corrected chi connectivity index (χ2v) is 4.48. The first-order chi connectivity index (χ1) is 9.53. The van der Waals surface area contributed by atoms with Crippen LogP contribution in [0.4, 0.5) is 0 Å². The van der Waals surface area contributed by atoms with Gasteiger partial charge in [-0.25, -0.2) is 0 Å². The Morgan fingerprint density at radius 3 is 2.20 bits per heavy atom. The molecule has 0 bridgehead atoms. The molecule has 1 rings (SSSR count). The van der Waals surface area contributed by atoms with E-state index in [0.717, 1.165) is 0 Å². The Morgan fingerprint density at radius 2 is 1.75 bits per heavy atom. The molecule has 0 saturated heterocycles. The number of halogens is 1. The standard InChI is InChI=1S/C13H16BrNO5/c1-4-20-11(16)7-15-13(17)8-5-9(18-2)12(14)10(6-8)19-3/h5-6H,4,7H2,1-3H3,(H,15,17). The van der Waals surface area contributed by atoms with Crippen LogP contribution in [-0.4, -0.2) is 39.2 Å². The molecule has 0 heterocycles. The average Bonchev–Trinajstić information content (AvgIpc) is 2.45. The van der Waals surface area contributed by atoms with Crippen LogP contribution in [0.5, 0.6) is 11.5 Å². The lowest BCUT2D eigenvalue weighted by Crippen LogP contribution is -2.30. The number of esters is 1. The summed E-state index contributed by atoms with van der Waals surface area (Å²) in [5, 5.41) is 2.47. The Balaban J connectivity index is 2.85. The van der Waals surface area contributed by atoms with E-state index in [4.69, 9.17) is 14.2 Å². The number of benzene rings is 1. The van der Waals surface area contributed by atoms with E-state index in [1.807, 2.05) is 0 Å². The van der Waals surface area contributed by atoms with Crippen LogP contribution in [0, 0.1) is 0 Å². The van der Waals surface area contributed by atoms with Gasteiger partial charge >= 0.3 is 5.97 Å². The Kier molecular flexibility index (Phi) is 6.30. The lowest BCUT2D eigenvalue weighted by atomic mass is 10.2. The molecule has 0 unspecified atom stereocenters. The number of carbonyl (C=O) groups is 2. The van der Waals surface area contributed by atoms with E-state index in [1.54, 1.807) is 19.1 Å². The molecule has 6 nitrogen and oxygen atoms in total. The third-order valence-corrected chi connectivity index (χ3v) is 3.19. The molecule has 0 aliphatic carbocycles. The van der Waals surface area contributed by atoms with Crippen LogP contribution in [0.1, 0.15) is 17.3 Å². The fraction of sp³-hybridized carbons (Fsp3) is 0.385. The zero-order chi connectivity index (χ0) is 15.1. The maximum Gasteiger partial charge on any atom is 0.325 e. The summed E-state index contributed by atoms with van der Waals surface area (Å²) in [6.07, 6.45) is 0. The fourth-order valence-corrected chi connectivity index (χ4v) is 2.02. The van der Waals surface area contributed by atoms with Crippen molar-refractivity contribution >= 4 is 27.8 Å². The zero-order valence-corrected chi connectivity index (χ0v) is 13.1. The molecule has 0 aliphatic heterocycles. The summed E-state index contributed by atoms with van der Waals surface area (Å²) in [5.74, 6) is 0.0234. The highest BCUT2D eigenvalue weighted by atomic mass is 79.9. The Hall–Kier alpha value is -1.76. The quantitative estimate of drug-likeness (QED) is 0.795. The summed E-state index contributed by atoms with van der Waals surface area (Å²) >= 11 is 3.31. The molecule has 0 fully saturated rings. The molecule has 1 amide bonds. The van der Waals surface area contributed by atoms with Crippen LogP contribution >= 0.6 is 15.9 Å². The third kappa shape index (κ3) is 4.12. The van der Waals surface area contributed by atoms with Gasteiger partial charge in [-0.15, -0.1) is 0 Å². The molecule has 1 aromatic carbocycles. The first-order valence-electron chi connectivity index (χ1n) is 5.88. The predicted octanol–water partition coefficient (Wildman–Crippen LogP) is 1.76. The van der Waals surface area contributed by atoms with Crippen LogP contribution in [0.25, 0.3) is 0 Å². The van der Waals surface area contributed by atoms with Crippen molar-refractivity contribution in [1.29, 1.82) is 0 Å². The summed E-state index contributed by atoms with van der Waals surface area (Å²) < 4.78 is 15.6. The summed E-state index contributed by atoms with van der Waals surface area (Å²) in [7, 11) is 2.97. The molecule has 0 saturated carbocycles. The molecular formula is C13H16BrNO5. The maximum absolute atomic E-state index is 12.0. The molecule has 110 valence electrons. The maximum atomic E-state index is 12.0. The Labute approximate surface area is 125 Å². The second-order valence-electron chi connectivity index (χ2n) is 3.68. The number of hydrogen-bond acceptors (Lipinski definition) is 5. The van der Waals surface area contributed by atoms with E-state index in [2.05, 4.69) is 21.2 Å². The molecule has 0 radical (unpaired) electrons. The number of nitrogens with one attached hydrogen (secondary N) is 1. The highest BCUT2D eigenvalue weighted by molar-refractivity contribution is 9.10. The highest BCUT2D eigenvalue weighted by Gasteiger charge is 2.15. The minimum absolute atomic E-state index is 0.187. The lowest BCUT2D eigenvalue weighted by Gasteiger charge is -2.11. The van der Waals surface area contributed by atoms with E-state index in [-0.39, 0.29) is 13.2 Å². The average molecular weight is 346 g/mol. The predicted molar refractivity (Wildman–Crippen MR) is 76.2 cm³/mol. The first kappa shape index (κ1) is 16.3. The van der Waals surface area contributed by atoms with E-state index < -0.39 is 11.9 Å². The Morgan fingerprint density at radius 1 is 1.20 bits per heavy atom. The SMILES string of the molecule is CCOC(=O)CNC(=O)c1cc(OC)c(Br)c(OC)c1. The largest absolute Gasteiger partial charge is 0.495 e. The van der Waals surface area contributed by atoms with Gasteiger partial charge in [0.25, 0.3) is 5.91 Å². The van der Waals surface area contributed by atoms with E-state index in [9.17, 15) is 9.59 Å². The second kappa shape index (κ2) is 7.74. The van der Waals surface area contributed by atoms with Crippen molar-refractivity contribution in [3.8, 4) is 11.5 Å². The minimum atomic E-state index is -0.489. The molecule has 0 spiro atoms. The van der Waals surface area contributed by atoms with E-state index >= 15 is 0 Å². The fourth-order valence-electron chi connectivity index (χ4n) is 1.47. The number of amides is 1. The molecular weight excluding hydrogens is 330 g/mol. The van der Waals surface area contributed by atoms with Crippen molar-refractivity contribution in [1.82, 2.24) is 5.32 Å². The normalized spacial score (nSPS) is 9.80. The molecule has 0 atom stereocenters. The van der Waals surface area contributed by atoms with Crippen molar-refractivity contribution in [3.05, 3.63) is 22.2 Å². The molecule has 7 heteroatoms. The summed E-state index contributed by atoms with van der Waals surface area (Å²) in [6.45, 7) is 1.78. The summed E-state index contributed by atoms with van der Waals surface area (Å²) in [5.41, 5.74) is 0.325. The number of hydrogen-bond donors (Lipinski definition) is 1. The van der Waals surface area contributed by atoms with Crippen LogP contribution in [-0.2, 0) is 9.53 Å². The van der Waals surface area contributed by atoms with E-state index in [0.29, 0.717) is 21.5 Å². The molecule has 0 aliphatic rings. The third-order valence-electron chi connectivity index (χ3n) is 2.41. The monoisotopic (exact) mass is 345 g/mol. The van der Waals surface area contributed by atoms with Crippen LogP contribution in [0.2, 0.25) is 0 Å². The Bertz CT molecular complexity index is 479. The molecule has 1 aromatic rings. The van der Waals surface area contributed by atoms with Gasteiger partial charge in [0.2, 0.25) is 0 Å². The van der Waals surface area contributed by atoms with Crippen molar-refractivity contribution < 1.29 is 23.8 Å². The van der Waals surface area contributed by atoms with Gasteiger partial charge in [-0.3, -0.25) is 9.59 Å². The smallest absolute Gasteiger partial charge is 0.325 e. The van der Waals surface area contributed by atoms with Gasteiger partial charge in [0.1, 0.15) is 22.5 Å². The van der Waals surface area contributed by atoms with Crippen molar-refractivity contribution in [3.63, 3.8) is 0 Å². The summed E-state index contributed by atoms with van der Waals surface area (Å²) in [6, 6.07) is 3.10. The first-order valence-corrected chi connectivity index (χ1v) is 6.68. The molecule has 1 N–H and O–H groups in total. The van der Waals surface area contributed by atoms with Gasteiger partial charge < -0.3 is 19.5 Å². The minimum Gasteiger partial charge on any atom is -0.495 e. The van der Waals surface area contributed by atoms with Gasteiger partial charge in [0.05, 0.1) is 20.8 Å².